The van der Waals surface area contributed by atoms with Crippen molar-refractivity contribution in [2.24, 2.45) is 0 Å². The standard InChI is InChI=1S/C27H24FN5/c1-18-22-8-11-31-26(22)7-6-25(18)32-27-21(14-29)15-30-16-23(27)19-9-12-33(13-10-19)17-20-4-2-3-5-24(20)28/h2-9,11,15-16,31H,10,12-13,17H2,1H3,(H,30,32). The number of aromatic amines is 1. The molecule has 0 saturated carbocycles. The molecule has 164 valence electrons. The number of nitrogens with one attached hydrogen (secondary N) is 2. The van der Waals surface area contributed by atoms with Crippen LogP contribution in [-0.4, -0.2) is 28.0 Å². The fraction of sp³-hybridized carbons (Fsp3) is 0.185. The maximum atomic E-state index is 14.0. The Kier molecular flexibility index (Phi) is 5.64. The normalized spacial score (nSPS) is 14.2. The van der Waals surface area contributed by atoms with Crippen LogP contribution in [0.3, 0.4) is 0 Å². The van der Waals surface area contributed by atoms with E-state index in [0.29, 0.717) is 24.2 Å². The molecule has 2 aromatic heterocycles. The van der Waals surface area contributed by atoms with Crippen molar-refractivity contribution in [1.29, 1.82) is 5.26 Å². The summed E-state index contributed by atoms with van der Waals surface area (Å²) in [6.45, 7) is 4.18. The number of aromatic nitrogens is 2. The summed E-state index contributed by atoms with van der Waals surface area (Å²) in [5.41, 5.74) is 7.24. The van der Waals surface area contributed by atoms with Crippen LogP contribution >= 0.6 is 0 Å². The van der Waals surface area contributed by atoms with Crippen LogP contribution in [-0.2, 0) is 6.54 Å². The predicted molar refractivity (Wildman–Crippen MR) is 130 cm³/mol. The van der Waals surface area contributed by atoms with Gasteiger partial charge in [-0.1, -0.05) is 24.3 Å². The van der Waals surface area contributed by atoms with Gasteiger partial charge in [-0.3, -0.25) is 9.88 Å². The van der Waals surface area contributed by atoms with Crippen molar-refractivity contribution in [2.45, 2.75) is 19.9 Å². The summed E-state index contributed by atoms with van der Waals surface area (Å²) in [6, 6.07) is 15.3. The largest absolute Gasteiger partial charge is 0.361 e. The smallest absolute Gasteiger partial charge is 0.127 e. The Labute approximate surface area is 192 Å². The molecule has 0 fully saturated rings. The molecule has 2 N–H and O–H groups in total. The molecule has 0 spiro atoms. The van der Waals surface area contributed by atoms with Crippen LogP contribution in [0.4, 0.5) is 15.8 Å². The van der Waals surface area contributed by atoms with E-state index in [2.05, 4.69) is 45.3 Å². The van der Waals surface area contributed by atoms with Gasteiger partial charge in [-0.15, -0.1) is 0 Å². The second-order valence-electron chi connectivity index (χ2n) is 8.33. The van der Waals surface area contributed by atoms with Gasteiger partial charge in [0.1, 0.15) is 11.9 Å². The number of hydrogen-bond donors (Lipinski definition) is 2. The second kappa shape index (κ2) is 8.89. The predicted octanol–water partition coefficient (Wildman–Crippen LogP) is 5.92. The van der Waals surface area contributed by atoms with Crippen LogP contribution in [0.5, 0.6) is 0 Å². The lowest BCUT2D eigenvalue weighted by atomic mass is 9.97. The van der Waals surface area contributed by atoms with E-state index in [4.69, 9.17) is 0 Å². The lowest BCUT2D eigenvalue weighted by Gasteiger charge is -2.27. The van der Waals surface area contributed by atoms with Crippen LogP contribution in [0.1, 0.15) is 28.7 Å². The number of benzene rings is 2. The first kappa shape index (κ1) is 20.9. The van der Waals surface area contributed by atoms with Gasteiger partial charge in [0.25, 0.3) is 0 Å². The topological polar surface area (TPSA) is 67.7 Å². The van der Waals surface area contributed by atoms with Crippen molar-refractivity contribution in [3.8, 4) is 6.07 Å². The van der Waals surface area contributed by atoms with Gasteiger partial charge in [-0.25, -0.2) is 4.39 Å². The third-order valence-corrected chi connectivity index (χ3v) is 6.32. The van der Waals surface area contributed by atoms with Gasteiger partial charge in [-0.05, 0) is 48.7 Å². The minimum atomic E-state index is -0.167. The van der Waals surface area contributed by atoms with Crippen LogP contribution in [0.2, 0.25) is 0 Å². The van der Waals surface area contributed by atoms with Gasteiger partial charge < -0.3 is 10.3 Å². The van der Waals surface area contributed by atoms with E-state index in [-0.39, 0.29) is 5.82 Å². The summed E-state index contributed by atoms with van der Waals surface area (Å²) in [7, 11) is 0. The van der Waals surface area contributed by atoms with Gasteiger partial charge in [0.2, 0.25) is 0 Å². The van der Waals surface area contributed by atoms with Crippen LogP contribution in [0.15, 0.2) is 67.1 Å². The number of aryl methyl sites for hydroxylation is 1. The van der Waals surface area contributed by atoms with Crippen LogP contribution in [0, 0.1) is 24.1 Å². The molecule has 0 saturated heterocycles. The van der Waals surface area contributed by atoms with E-state index in [1.807, 2.05) is 36.7 Å². The number of H-pyrrole nitrogens is 1. The fourth-order valence-electron chi connectivity index (χ4n) is 4.44. The van der Waals surface area contributed by atoms with Gasteiger partial charge in [0, 0.05) is 65.9 Å². The second-order valence-corrected chi connectivity index (χ2v) is 8.33. The molecule has 1 aliphatic rings. The molecule has 0 amide bonds. The number of rotatable bonds is 5. The number of hydrogen-bond acceptors (Lipinski definition) is 4. The number of nitriles is 1. The summed E-state index contributed by atoms with van der Waals surface area (Å²) in [5, 5.41) is 14.4. The number of nitrogens with zero attached hydrogens (tertiary/aromatic N) is 3. The first-order valence-corrected chi connectivity index (χ1v) is 11.0. The van der Waals surface area contributed by atoms with E-state index in [0.717, 1.165) is 51.9 Å². The van der Waals surface area contributed by atoms with Crippen molar-refractivity contribution < 1.29 is 4.39 Å². The highest BCUT2D eigenvalue weighted by atomic mass is 19.1. The zero-order valence-corrected chi connectivity index (χ0v) is 18.4. The Balaban J connectivity index is 1.43. The Bertz CT molecular complexity index is 1400. The molecular formula is C27H24FN5. The molecule has 4 aromatic rings. The highest BCUT2D eigenvalue weighted by molar-refractivity contribution is 5.90. The first-order valence-electron chi connectivity index (χ1n) is 11.0. The number of fused-ring (bicyclic) bond motifs is 1. The zero-order valence-electron chi connectivity index (χ0n) is 18.4. The molecule has 0 unspecified atom stereocenters. The first-order chi connectivity index (χ1) is 16.1. The Morgan fingerprint density at radius 1 is 1.18 bits per heavy atom. The zero-order chi connectivity index (χ0) is 22.8. The minimum absolute atomic E-state index is 0.167. The van der Waals surface area contributed by atoms with Crippen LogP contribution < -0.4 is 5.32 Å². The van der Waals surface area contributed by atoms with Gasteiger partial charge in [0.15, 0.2) is 0 Å². The minimum Gasteiger partial charge on any atom is -0.361 e. The maximum Gasteiger partial charge on any atom is 0.127 e. The molecule has 1 aliphatic heterocycles. The molecule has 0 bridgehead atoms. The third kappa shape index (κ3) is 4.11. The third-order valence-electron chi connectivity index (χ3n) is 6.32. The number of pyridine rings is 1. The molecule has 6 heteroatoms. The average Bonchev–Trinajstić information content (AvgIpc) is 3.33. The van der Waals surface area contributed by atoms with E-state index in [1.54, 1.807) is 12.3 Å². The lowest BCUT2D eigenvalue weighted by Crippen LogP contribution is -2.28. The Hall–Kier alpha value is -3.95. The summed E-state index contributed by atoms with van der Waals surface area (Å²) < 4.78 is 14.0. The Morgan fingerprint density at radius 2 is 2.06 bits per heavy atom. The average molecular weight is 438 g/mol. The summed E-state index contributed by atoms with van der Waals surface area (Å²) in [6.07, 6.45) is 8.32. The summed E-state index contributed by atoms with van der Waals surface area (Å²) >= 11 is 0. The highest BCUT2D eigenvalue weighted by Crippen LogP contribution is 2.35. The highest BCUT2D eigenvalue weighted by Gasteiger charge is 2.19. The molecule has 0 aliphatic carbocycles. The van der Waals surface area contributed by atoms with Crippen molar-refractivity contribution in [1.82, 2.24) is 14.9 Å². The SMILES string of the molecule is Cc1c(Nc2c(C#N)cncc2C2=CCN(Cc3ccccc3F)CC2)ccc2[nH]ccc12. The molecule has 2 aromatic carbocycles. The molecule has 5 nitrogen and oxygen atoms in total. The van der Waals surface area contributed by atoms with E-state index < -0.39 is 0 Å². The van der Waals surface area contributed by atoms with Crippen molar-refractivity contribution in [3.63, 3.8) is 0 Å². The van der Waals surface area contributed by atoms with E-state index in [1.165, 1.54) is 6.07 Å². The van der Waals surface area contributed by atoms with Crippen molar-refractivity contribution >= 4 is 27.9 Å². The molecule has 5 rings (SSSR count). The molecule has 0 atom stereocenters. The number of anilines is 2. The summed E-state index contributed by atoms with van der Waals surface area (Å²) in [5.74, 6) is -0.167. The van der Waals surface area contributed by atoms with E-state index >= 15 is 0 Å². The monoisotopic (exact) mass is 437 g/mol. The summed E-state index contributed by atoms with van der Waals surface area (Å²) in [4.78, 5) is 9.78. The Morgan fingerprint density at radius 3 is 2.85 bits per heavy atom. The molecule has 0 radical (unpaired) electrons. The number of halogens is 1. The molecule has 33 heavy (non-hydrogen) atoms. The van der Waals surface area contributed by atoms with Crippen molar-refractivity contribution in [3.05, 3.63) is 95.2 Å². The molecule has 3 heterocycles. The van der Waals surface area contributed by atoms with Crippen molar-refractivity contribution in [2.75, 3.05) is 18.4 Å². The van der Waals surface area contributed by atoms with E-state index in [9.17, 15) is 9.65 Å². The maximum absolute atomic E-state index is 14.0. The molecular weight excluding hydrogens is 413 g/mol. The van der Waals surface area contributed by atoms with Crippen LogP contribution in [0.25, 0.3) is 16.5 Å². The van der Waals surface area contributed by atoms with Gasteiger partial charge in [-0.2, -0.15) is 5.26 Å². The van der Waals surface area contributed by atoms with Gasteiger partial charge >= 0.3 is 0 Å². The fourth-order valence-corrected chi connectivity index (χ4v) is 4.44. The quantitative estimate of drug-likeness (QED) is 0.407. The van der Waals surface area contributed by atoms with Gasteiger partial charge in [0.05, 0.1) is 11.3 Å². The lowest BCUT2D eigenvalue weighted by molar-refractivity contribution is 0.289.